The smallest absolute Gasteiger partial charge is 0.254 e. The first kappa shape index (κ1) is 21.5. The highest BCUT2D eigenvalue weighted by atomic mass is 79.9. The Kier molecular flexibility index (Phi) is 6.66. The molecule has 5 nitrogen and oxygen atoms in total. The van der Waals surface area contributed by atoms with Gasteiger partial charge in [-0.15, -0.1) is 0 Å². The summed E-state index contributed by atoms with van der Waals surface area (Å²) in [7, 11) is 0. The van der Waals surface area contributed by atoms with Crippen LogP contribution in [0.4, 0.5) is 5.82 Å². The van der Waals surface area contributed by atoms with Gasteiger partial charge in [0, 0.05) is 53.9 Å². The molecule has 1 aliphatic heterocycles. The number of benzene rings is 2. The maximum absolute atomic E-state index is 12.9. The van der Waals surface area contributed by atoms with Crippen LogP contribution in [0.1, 0.15) is 39.9 Å². The summed E-state index contributed by atoms with van der Waals surface area (Å²) < 4.78 is 0.922. The molecule has 6 heteroatoms. The number of carbonyl (C=O) groups is 1. The molecule has 0 radical (unpaired) electrons. The summed E-state index contributed by atoms with van der Waals surface area (Å²) in [5.74, 6) is 1.90. The molecule has 1 aromatic heterocycles. The summed E-state index contributed by atoms with van der Waals surface area (Å²) in [6.45, 7) is 7.00. The first-order chi connectivity index (χ1) is 15.0. The maximum atomic E-state index is 12.9. The normalized spacial score (nSPS) is 14.0. The molecular formula is C25H27BrN4O. The van der Waals surface area contributed by atoms with Crippen LogP contribution in [0.25, 0.3) is 0 Å². The second-order valence-corrected chi connectivity index (χ2v) is 8.74. The van der Waals surface area contributed by atoms with Gasteiger partial charge in [-0.2, -0.15) is 0 Å². The van der Waals surface area contributed by atoms with Crippen LogP contribution in [0.15, 0.2) is 59.1 Å². The lowest BCUT2D eigenvalue weighted by Gasteiger charge is -2.36. The van der Waals surface area contributed by atoms with Crippen molar-refractivity contribution in [2.75, 3.05) is 31.1 Å². The number of hydrogen-bond donors (Lipinski definition) is 0. The van der Waals surface area contributed by atoms with Crippen LogP contribution >= 0.6 is 15.9 Å². The molecule has 3 aromatic rings. The van der Waals surface area contributed by atoms with E-state index in [-0.39, 0.29) is 5.91 Å². The Bertz CT molecular complexity index is 1060. The van der Waals surface area contributed by atoms with Gasteiger partial charge in [-0.05, 0) is 37.1 Å². The highest BCUT2D eigenvalue weighted by Crippen LogP contribution is 2.26. The zero-order valence-electron chi connectivity index (χ0n) is 18.0. The summed E-state index contributed by atoms with van der Waals surface area (Å²) in [5, 5.41) is 0. The molecule has 2 aromatic carbocycles. The summed E-state index contributed by atoms with van der Waals surface area (Å²) in [6.07, 6.45) is 1.69. The minimum absolute atomic E-state index is 0.0820. The zero-order chi connectivity index (χ0) is 21.8. The number of amides is 1. The molecule has 0 unspecified atom stereocenters. The van der Waals surface area contributed by atoms with E-state index in [1.54, 1.807) is 0 Å². The van der Waals surface area contributed by atoms with Crippen LogP contribution in [-0.2, 0) is 12.8 Å². The average molecular weight is 479 g/mol. The third kappa shape index (κ3) is 4.96. The second-order valence-electron chi connectivity index (χ2n) is 7.83. The van der Waals surface area contributed by atoms with Crippen molar-refractivity contribution < 1.29 is 4.79 Å². The van der Waals surface area contributed by atoms with Crippen molar-refractivity contribution in [2.45, 2.75) is 26.7 Å². The van der Waals surface area contributed by atoms with Crippen molar-refractivity contribution in [1.82, 2.24) is 14.9 Å². The van der Waals surface area contributed by atoms with Gasteiger partial charge in [0.05, 0.1) is 0 Å². The largest absolute Gasteiger partial charge is 0.353 e. The lowest BCUT2D eigenvalue weighted by Crippen LogP contribution is -2.49. The van der Waals surface area contributed by atoms with Crippen LogP contribution < -0.4 is 4.90 Å². The van der Waals surface area contributed by atoms with Gasteiger partial charge in [-0.1, -0.05) is 59.3 Å². The predicted molar refractivity (Wildman–Crippen MR) is 128 cm³/mol. The van der Waals surface area contributed by atoms with Crippen molar-refractivity contribution >= 4 is 27.7 Å². The Morgan fingerprint density at radius 3 is 2.42 bits per heavy atom. The van der Waals surface area contributed by atoms with Gasteiger partial charge in [0.2, 0.25) is 0 Å². The number of piperazine rings is 1. The van der Waals surface area contributed by atoms with Gasteiger partial charge in [-0.25, -0.2) is 9.97 Å². The molecule has 0 spiro atoms. The van der Waals surface area contributed by atoms with E-state index in [1.165, 1.54) is 11.1 Å². The zero-order valence-corrected chi connectivity index (χ0v) is 19.6. The van der Waals surface area contributed by atoms with E-state index in [4.69, 9.17) is 9.97 Å². The molecule has 0 bridgehead atoms. The Hall–Kier alpha value is -2.73. The van der Waals surface area contributed by atoms with Crippen molar-refractivity contribution in [1.29, 1.82) is 0 Å². The third-order valence-corrected chi connectivity index (χ3v) is 6.17. The van der Waals surface area contributed by atoms with Gasteiger partial charge >= 0.3 is 0 Å². The Balaban J connectivity index is 1.55. The third-order valence-electron chi connectivity index (χ3n) is 5.68. The van der Waals surface area contributed by atoms with E-state index in [0.29, 0.717) is 13.1 Å². The fourth-order valence-corrected chi connectivity index (χ4v) is 4.50. The summed E-state index contributed by atoms with van der Waals surface area (Å²) in [4.78, 5) is 26.7. The summed E-state index contributed by atoms with van der Waals surface area (Å²) in [6, 6.07) is 18.1. The molecule has 2 heterocycles. The Morgan fingerprint density at radius 2 is 1.74 bits per heavy atom. The van der Waals surface area contributed by atoms with Gasteiger partial charge in [0.1, 0.15) is 11.6 Å². The van der Waals surface area contributed by atoms with E-state index < -0.39 is 0 Å². The SMILES string of the molecule is CCc1nc(C)nc(N2CCN(C(=O)c3cccc(Br)c3)CC2)c1Cc1ccccc1. The van der Waals surface area contributed by atoms with Crippen LogP contribution in [-0.4, -0.2) is 47.0 Å². The number of nitrogens with zero attached hydrogens (tertiary/aromatic N) is 4. The van der Waals surface area contributed by atoms with Gasteiger partial charge in [0.15, 0.2) is 0 Å². The highest BCUT2D eigenvalue weighted by molar-refractivity contribution is 9.10. The fourth-order valence-electron chi connectivity index (χ4n) is 4.10. The lowest BCUT2D eigenvalue weighted by atomic mass is 10.0. The Labute approximate surface area is 192 Å². The van der Waals surface area contributed by atoms with E-state index >= 15 is 0 Å². The topological polar surface area (TPSA) is 49.3 Å². The quantitative estimate of drug-likeness (QED) is 0.534. The molecule has 0 atom stereocenters. The monoisotopic (exact) mass is 478 g/mol. The summed E-state index contributed by atoms with van der Waals surface area (Å²) in [5.41, 5.74) is 4.29. The first-order valence-corrected chi connectivity index (χ1v) is 11.5. The molecule has 1 fully saturated rings. The number of hydrogen-bond acceptors (Lipinski definition) is 4. The van der Waals surface area contributed by atoms with Crippen molar-refractivity contribution in [3.8, 4) is 0 Å². The first-order valence-electron chi connectivity index (χ1n) is 10.7. The molecule has 0 saturated carbocycles. The lowest BCUT2D eigenvalue weighted by molar-refractivity contribution is 0.0746. The summed E-state index contributed by atoms with van der Waals surface area (Å²) >= 11 is 3.46. The molecule has 1 aliphatic rings. The van der Waals surface area contributed by atoms with Crippen LogP contribution in [0, 0.1) is 6.92 Å². The number of aromatic nitrogens is 2. The van der Waals surface area contributed by atoms with E-state index in [1.807, 2.05) is 42.2 Å². The number of aryl methyl sites for hydroxylation is 2. The minimum atomic E-state index is 0.0820. The van der Waals surface area contributed by atoms with E-state index in [0.717, 1.165) is 53.3 Å². The van der Waals surface area contributed by atoms with Gasteiger partial charge in [-0.3, -0.25) is 4.79 Å². The molecule has 160 valence electrons. The molecule has 1 amide bonds. The second kappa shape index (κ2) is 9.60. The fraction of sp³-hybridized carbons (Fsp3) is 0.320. The minimum Gasteiger partial charge on any atom is -0.353 e. The van der Waals surface area contributed by atoms with E-state index in [9.17, 15) is 4.79 Å². The molecule has 0 N–H and O–H groups in total. The Morgan fingerprint density at radius 1 is 1.00 bits per heavy atom. The van der Waals surface area contributed by atoms with Crippen molar-refractivity contribution in [2.24, 2.45) is 0 Å². The van der Waals surface area contributed by atoms with Crippen LogP contribution in [0.2, 0.25) is 0 Å². The van der Waals surface area contributed by atoms with Gasteiger partial charge in [0.25, 0.3) is 5.91 Å². The highest BCUT2D eigenvalue weighted by Gasteiger charge is 2.25. The molecule has 0 aliphatic carbocycles. The molecule has 1 saturated heterocycles. The van der Waals surface area contributed by atoms with Crippen LogP contribution in [0.3, 0.4) is 0 Å². The number of halogens is 1. The maximum Gasteiger partial charge on any atom is 0.254 e. The number of carbonyl (C=O) groups excluding carboxylic acids is 1. The molecule has 31 heavy (non-hydrogen) atoms. The van der Waals surface area contributed by atoms with E-state index in [2.05, 4.69) is 52.0 Å². The molecule has 4 rings (SSSR count). The number of anilines is 1. The average Bonchev–Trinajstić information content (AvgIpc) is 2.80. The molecular weight excluding hydrogens is 452 g/mol. The predicted octanol–water partition coefficient (Wildman–Crippen LogP) is 4.66. The standard InChI is InChI=1S/C25H27BrN4O/c1-3-23-22(16-19-8-5-4-6-9-19)24(28-18(2)27-23)29-12-14-30(15-13-29)25(31)20-10-7-11-21(26)17-20/h4-11,17H,3,12-16H2,1-2H3. The van der Waals surface area contributed by atoms with Crippen molar-refractivity contribution in [3.05, 3.63) is 87.3 Å². The number of rotatable bonds is 5. The van der Waals surface area contributed by atoms with Crippen molar-refractivity contribution in [3.63, 3.8) is 0 Å². The van der Waals surface area contributed by atoms with Crippen LogP contribution in [0.5, 0.6) is 0 Å². The van der Waals surface area contributed by atoms with Gasteiger partial charge < -0.3 is 9.80 Å².